The normalized spacial score (nSPS) is 13.4. The lowest BCUT2D eigenvalue weighted by atomic mass is 10.1. The van der Waals surface area contributed by atoms with Crippen molar-refractivity contribution in [2.75, 3.05) is 41.0 Å². The molecule has 0 aromatic heterocycles. The number of allylic oxidation sites excluding steroid dienone is 4. The second-order valence-corrected chi connectivity index (χ2v) is 12.7. The number of nitrogens with zero attached hydrogens (tertiary/aromatic N) is 1. The molecule has 2 atom stereocenters. The first-order valence-electron chi connectivity index (χ1n) is 17.4. The Morgan fingerprint density at radius 1 is 0.705 bits per heavy atom. The quantitative estimate of drug-likeness (QED) is 0.0372. The van der Waals surface area contributed by atoms with Crippen LogP contribution in [0.1, 0.15) is 136 Å². The minimum Gasteiger partial charge on any atom is -0.477 e. The largest absolute Gasteiger partial charge is 0.477 e. The Labute approximate surface area is 269 Å². The van der Waals surface area contributed by atoms with Crippen LogP contribution < -0.4 is 0 Å². The van der Waals surface area contributed by atoms with E-state index in [0.29, 0.717) is 19.3 Å². The summed E-state index contributed by atoms with van der Waals surface area (Å²) in [6, 6.07) is -0.612. The summed E-state index contributed by atoms with van der Waals surface area (Å²) in [7, 11) is 5.50. The highest BCUT2D eigenvalue weighted by Crippen LogP contribution is 2.13. The Bertz CT molecular complexity index is 788. The van der Waals surface area contributed by atoms with Crippen LogP contribution >= 0.6 is 0 Å². The fourth-order valence-electron chi connectivity index (χ4n) is 4.89. The molecular formula is C36H66NO7+. The molecule has 1 N–H and O–H groups in total. The van der Waals surface area contributed by atoms with E-state index in [-0.39, 0.29) is 36.2 Å². The molecule has 0 aliphatic rings. The van der Waals surface area contributed by atoms with Gasteiger partial charge in [-0.15, -0.1) is 0 Å². The lowest BCUT2D eigenvalue weighted by Gasteiger charge is -2.31. The van der Waals surface area contributed by atoms with Gasteiger partial charge in [0, 0.05) is 19.3 Å². The van der Waals surface area contributed by atoms with E-state index in [4.69, 9.17) is 14.2 Å². The van der Waals surface area contributed by atoms with Gasteiger partial charge in [0.1, 0.15) is 6.61 Å². The van der Waals surface area contributed by atoms with Crippen LogP contribution in [-0.2, 0) is 28.6 Å². The van der Waals surface area contributed by atoms with Gasteiger partial charge in [-0.1, -0.05) is 102 Å². The minimum atomic E-state index is -0.879. The zero-order valence-corrected chi connectivity index (χ0v) is 28.9. The summed E-state index contributed by atoms with van der Waals surface area (Å²) in [6.45, 7) is 4.56. The van der Waals surface area contributed by atoms with Crippen molar-refractivity contribution in [3.8, 4) is 0 Å². The van der Waals surface area contributed by atoms with Crippen LogP contribution in [-0.4, -0.2) is 80.6 Å². The Hall–Kier alpha value is -2.19. The van der Waals surface area contributed by atoms with Crippen molar-refractivity contribution in [2.45, 2.75) is 148 Å². The predicted molar refractivity (Wildman–Crippen MR) is 178 cm³/mol. The number of quaternary nitrogens is 1. The molecule has 0 radical (unpaired) electrons. The topological polar surface area (TPSA) is 99.1 Å². The molecule has 8 nitrogen and oxygen atoms in total. The van der Waals surface area contributed by atoms with Gasteiger partial charge in [0.05, 0.1) is 34.4 Å². The molecule has 0 saturated carbocycles. The molecule has 0 fully saturated rings. The van der Waals surface area contributed by atoms with Gasteiger partial charge in [-0.3, -0.25) is 9.59 Å². The monoisotopic (exact) mass is 624 g/mol. The summed E-state index contributed by atoms with van der Waals surface area (Å²) in [4.78, 5) is 36.5. The van der Waals surface area contributed by atoms with Crippen LogP contribution in [0.4, 0.5) is 0 Å². The van der Waals surface area contributed by atoms with Crippen LogP contribution in [0.25, 0.3) is 0 Å². The van der Waals surface area contributed by atoms with Crippen molar-refractivity contribution in [3.05, 3.63) is 24.3 Å². The van der Waals surface area contributed by atoms with Crippen molar-refractivity contribution in [2.24, 2.45) is 0 Å². The molecule has 2 unspecified atom stereocenters. The van der Waals surface area contributed by atoms with E-state index in [1.807, 2.05) is 21.1 Å². The lowest BCUT2D eigenvalue weighted by Crippen LogP contribution is -2.50. The van der Waals surface area contributed by atoms with E-state index in [9.17, 15) is 19.5 Å². The van der Waals surface area contributed by atoms with E-state index < -0.39 is 18.1 Å². The Morgan fingerprint density at radius 2 is 1.27 bits per heavy atom. The van der Waals surface area contributed by atoms with Crippen molar-refractivity contribution in [3.63, 3.8) is 0 Å². The number of rotatable bonds is 30. The summed E-state index contributed by atoms with van der Waals surface area (Å²) in [5, 5.41) is 9.54. The third kappa shape index (κ3) is 26.2. The number of aliphatic carboxylic acids is 1. The van der Waals surface area contributed by atoms with E-state index in [1.165, 1.54) is 32.1 Å². The molecule has 0 bridgehead atoms. The van der Waals surface area contributed by atoms with Crippen LogP contribution in [0, 0.1) is 0 Å². The highest BCUT2D eigenvalue weighted by atomic mass is 16.6. The first-order valence-corrected chi connectivity index (χ1v) is 17.4. The van der Waals surface area contributed by atoms with Crippen molar-refractivity contribution >= 4 is 17.9 Å². The molecule has 44 heavy (non-hydrogen) atoms. The first-order chi connectivity index (χ1) is 21.1. The number of carbonyl (C=O) groups excluding carboxylic acids is 2. The Kier molecular flexibility index (Phi) is 26.9. The van der Waals surface area contributed by atoms with Gasteiger partial charge in [0.25, 0.3) is 0 Å². The average Bonchev–Trinajstić information content (AvgIpc) is 2.96. The smallest absolute Gasteiger partial charge is 0.362 e. The molecule has 0 amide bonds. The number of hydrogen-bond acceptors (Lipinski definition) is 6. The Balaban J connectivity index is 4.49. The van der Waals surface area contributed by atoms with Gasteiger partial charge in [-0.05, 0) is 38.5 Å². The maximum absolute atomic E-state index is 12.6. The van der Waals surface area contributed by atoms with Gasteiger partial charge in [0.15, 0.2) is 12.1 Å². The molecule has 0 aliphatic heterocycles. The maximum Gasteiger partial charge on any atom is 0.362 e. The molecule has 0 heterocycles. The number of carbonyl (C=O) groups is 3. The second-order valence-electron chi connectivity index (χ2n) is 12.7. The third-order valence-corrected chi connectivity index (χ3v) is 7.62. The number of carboxylic acid groups (broad SMARTS) is 1. The van der Waals surface area contributed by atoms with Crippen molar-refractivity contribution < 1.29 is 38.2 Å². The molecule has 0 rings (SSSR count). The number of hydrogen-bond donors (Lipinski definition) is 1. The zero-order chi connectivity index (χ0) is 32.9. The number of unbranched alkanes of at least 4 members (excludes halogenated alkanes) is 12. The van der Waals surface area contributed by atoms with Gasteiger partial charge in [0.2, 0.25) is 0 Å². The molecular weight excluding hydrogens is 558 g/mol. The molecule has 0 aromatic carbocycles. The number of ether oxygens (including phenoxy) is 3. The number of likely N-dealkylation sites (N-methyl/N-ethyl adjacent to an activating group) is 1. The second kappa shape index (κ2) is 28.3. The number of carboxylic acids is 1. The number of esters is 2. The highest BCUT2D eigenvalue weighted by molar-refractivity contribution is 5.72. The molecule has 0 spiro atoms. The SMILES string of the molecule is CC/C=C/C/C=C/CCCCCCCC(=O)OC(COCCC(C(=O)O)[N+](C)(C)C)COC(=O)CCCCCCCCCC. The summed E-state index contributed by atoms with van der Waals surface area (Å²) < 4.78 is 17.1. The maximum atomic E-state index is 12.6. The first kappa shape index (κ1) is 41.8. The highest BCUT2D eigenvalue weighted by Gasteiger charge is 2.31. The fraction of sp³-hybridized carbons (Fsp3) is 0.806. The fourth-order valence-corrected chi connectivity index (χ4v) is 4.89. The standard InChI is InChI=1S/C36H65NO7/c1-6-8-10-12-14-16-17-18-19-21-23-25-27-35(39)44-32(30-42-29-28-33(36(40)41)37(3,4)5)31-43-34(38)26-24-22-20-15-13-11-9-7-2/h8,10,14,16,32-33H,6-7,9,11-13,15,17-31H2,1-5H3/p+1/b10-8+,16-14+. The Morgan fingerprint density at radius 3 is 1.86 bits per heavy atom. The van der Waals surface area contributed by atoms with Crippen LogP contribution in [0.3, 0.4) is 0 Å². The summed E-state index contributed by atoms with van der Waals surface area (Å²) in [6.07, 6.45) is 26.6. The zero-order valence-electron chi connectivity index (χ0n) is 28.9. The summed E-state index contributed by atoms with van der Waals surface area (Å²) in [5.41, 5.74) is 0. The van der Waals surface area contributed by atoms with Gasteiger partial charge >= 0.3 is 17.9 Å². The van der Waals surface area contributed by atoms with Crippen molar-refractivity contribution in [1.29, 1.82) is 0 Å². The minimum absolute atomic E-state index is 0.0545. The van der Waals surface area contributed by atoms with E-state index >= 15 is 0 Å². The lowest BCUT2D eigenvalue weighted by molar-refractivity contribution is -0.887. The van der Waals surface area contributed by atoms with E-state index in [1.54, 1.807) is 0 Å². The summed E-state index contributed by atoms with van der Waals surface area (Å²) in [5.74, 6) is -1.49. The molecule has 8 heteroatoms. The van der Waals surface area contributed by atoms with Crippen LogP contribution in [0.5, 0.6) is 0 Å². The van der Waals surface area contributed by atoms with E-state index in [0.717, 1.165) is 70.6 Å². The molecule has 0 saturated heterocycles. The van der Waals surface area contributed by atoms with Gasteiger partial charge in [-0.25, -0.2) is 4.79 Å². The molecule has 0 aliphatic carbocycles. The van der Waals surface area contributed by atoms with Crippen LogP contribution in [0.15, 0.2) is 24.3 Å². The predicted octanol–water partition coefficient (Wildman–Crippen LogP) is 8.18. The van der Waals surface area contributed by atoms with E-state index in [2.05, 4.69) is 38.2 Å². The third-order valence-electron chi connectivity index (χ3n) is 7.62. The van der Waals surface area contributed by atoms with Gasteiger partial charge < -0.3 is 23.8 Å². The van der Waals surface area contributed by atoms with Crippen LogP contribution in [0.2, 0.25) is 0 Å². The average molecular weight is 625 g/mol. The van der Waals surface area contributed by atoms with Crippen molar-refractivity contribution in [1.82, 2.24) is 0 Å². The molecule has 0 aromatic rings. The summed E-state index contributed by atoms with van der Waals surface area (Å²) >= 11 is 0. The molecule has 256 valence electrons. The van der Waals surface area contributed by atoms with Gasteiger partial charge in [-0.2, -0.15) is 0 Å².